The summed E-state index contributed by atoms with van der Waals surface area (Å²) < 4.78 is 27.4. The van der Waals surface area contributed by atoms with E-state index in [-0.39, 0.29) is 5.54 Å². The van der Waals surface area contributed by atoms with Crippen LogP contribution in [-0.4, -0.2) is 20.5 Å². The first-order chi connectivity index (χ1) is 8.45. The van der Waals surface area contributed by atoms with E-state index >= 15 is 0 Å². The van der Waals surface area contributed by atoms with Gasteiger partial charge < -0.3 is 5.32 Å². The summed E-state index contributed by atoms with van der Waals surface area (Å²) in [5, 5.41) is 5.18. The minimum Gasteiger partial charge on any atom is -0.313 e. The van der Waals surface area contributed by atoms with Gasteiger partial charge in [0.2, 0.25) is 0 Å². The maximum Gasteiger partial charge on any atom is 0.250 e. The van der Waals surface area contributed by atoms with Crippen molar-refractivity contribution >= 4 is 21.4 Å². The van der Waals surface area contributed by atoms with Crippen LogP contribution < -0.4 is 10.0 Å². The van der Waals surface area contributed by atoms with Crippen molar-refractivity contribution in [2.24, 2.45) is 0 Å². The summed E-state index contributed by atoms with van der Waals surface area (Å²) in [6.07, 6.45) is 2.94. The molecule has 2 N–H and O–H groups in total. The van der Waals surface area contributed by atoms with Gasteiger partial charge in [0.25, 0.3) is 10.0 Å². The quantitative estimate of drug-likeness (QED) is 0.755. The average Bonchev–Trinajstić information content (AvgIpc) is 2.80. The number of nitrogens with one attached hydrogen (secondary N) is 2. The maximum atomic E-state index is 12.1. The minimum atomic E-state index is -3.32. The van der Waals surface area contributed by atoms with E-state index < -0.39 is 10.0 Å². The Morgan fingerprint density at radius 2 is 2.17 bits per heavy atom. The van der Waals surface area contributed by atoms with E-state index in [9.17, 15) is 8.42 Å². The van der Waals surface area contributed by atoms with Gasteiger partial charge in [0.1, 0.15) is 4.21 Å². The molecule has 1 fully saturated rings. The number of hydrogen-bond acceptors (Lipinski definition) is 4. The molecule has 18 heavy (non-hydrogen) atoms. The molecule has 1 heterocycles. The lowest BCUT2D eigenvalue weighted by atomic mass is 10.3. The van der Waals surface area contributed by atoms with Crippen molar-refractivity contribution in [1.82, 2.24) is 10.0 Å². The highest BCUT2D eigenvalue weighted by Gasteiger charge is 2.41. The first-order valence-corrected chi connectivity index (χ1v) is 8.64. The molecule has 0 atom stereocenters. The third-order valence-corrected chi connectivity index (χ3v) is 6.16. The summed E-state index contributed by atoms with van der Waals surface area (Å²) >= 11 is 1.29. The van der Waals surface area contributed by atoms with Gasteiger partial charge in [-0.25, -0.2) is 13.1 Å². The van der Waals surface area contributed by atoms with Gasteiger partial charge in [0, 0.05) is 12.1 Å². The molecule has 1 aliphatic rings. The van der Waals surface area contributed by atoms with Crippen molar-refractivity contribution in [3.8, 4) is 0 Å². The Morgan fingerprint density at radius 3 is 2.78 bits per heavy atom. The Hall–Kier alpha value is -0.430. The van der Waals surface area contributed by atoms with Gasteiger partial charge in [0.15, 0.2) is 0 Å². The van der Waals surface area contributed by atoms with Gasteiger partial charge in [0.05, 0.1) is 0 Å². The van der Waals surface area contributed by atoms with Gasteiger partial charge in [-0.2, -0.15) is 0 Å². The SMILES string of the molecule is CCCNCc1csc(S(=O)(=O)NC2(C)CC2)c1. The second-order valence-electron chi connectivity index (χ2n) is 5.12. The fraction of sp³-hybridized carbons (Fsp3) is 0.667. The summed E-state index contributed by atoms with van der Waals surface area (Å²) in [7, 11) is -3.32. The molecule has 0 radical (unpaired) electrons. The molecule has 1 aliphatic carbocycles. The monoisotopic (exact) mass is 288 g/mol. The Morgan fingerprint density at radius 1 is 1.44 bits per heavy atom. The summed E-state index contributed by atoms with van der Waals surface area (Å²) in [6, 6.07) is 1.77. The lowest BCUT2D eigenvalue weighted by Crippen LogP contribution is -2.33. The van der Waals surface area contributed by atoms with Gasteiger partial charge in [-0.05, 0) is 49.7 Å². The van der Waals surface area contributed by atoms with Crippen LogP contribution in [0.4, 0.5) is 0 Å². The maximum absolute atomic E-state index is 12.1. The first-order valence-electron chi connectivity index (χ1n) is 6.27. The molecule has 0 unspecified atom stereocenters. The normalized spacial score (nSPS) is 17.9. The van der Waals surface area contributed by atoms with Gasteiger partial charge in [-0.1, -0.05) is 6.92 Å². The van der Waals surface area contributed by atoms with Crippen LogP contribution in [0.1, 0.15) is 38.7 Å². The van der Waals surface area contributed by atoms with Crippen LogP contribution in [0, 0.1) is 0 Å². The molecule has 0 saturated heterocycles. The molecular formula is C12H20N2O2S2. The fourth-order valence-electron chi connectivity index (χ4n) is 1.66. The standard InChI is InChI=1S/C12H20N2O2S2/c1-3-6-13-8-10-7-11(17-9-10)18(15,16)14-12(2)4-5-12/h7,9,13-14H,3-6,8H2,1-2H3. The lowest BCUT2D eigenvalue weighted by molar-refractivity contribution is 0.560. The van der Waals surface area contributed by atoms with Crippen LogP contribution in [-0.2, 0) is 16.6 Å². The summed E-state index contributed by atoms with van der Waals surface area (Å²) in [6.45, 7) is 5.74. The zero-order chi connectivity index (χ0) is 13.2. The lowest BCUT2D eigenvalue weighted by Gasteiger charge is -2.10. The molecule has 0 spiro atoms. The zero-order valence-electron chi connectivity index (χ0n) is 10.8. The molecule has 0 amide bonds. The van der Waals surface area contributed by atoms with Crippen molar-refractivity contribution in [1.29, 1.82) is 0 Å². The van der Waals surface area contributed by atoms with E-state index in [1.807, 2.05) is 12.3 Å². The van der Waals surface area contributed by atoms with Crippen LogP contribution in [0.25, 0.3) is 0 Å². The summed E-state index contributed by atoms with van der Waals surface area (Å²) in [4.78, 5) is 0. The smallest absolute Gasteiger partial charge is 0.250 e. The van der Waals surface area contributed by atoms with Crippen molar-refractivity contribution in [3.05, 3.63) is 17.0 Å². The number of thiophene rings is 1. The Kier molecular flexibility index (Phi) is 4.11. The van der Waals surface area contributed by atoms with Crippen LogP contribution >= 0.6 is 11.3 Å². The Balaban J connectivity index is 2.00. The van der Waals surface area contributed by atoms with Gasteiger partial charge in [-0.15, -0.1) is 11.3 Å². The molecule has 1 saturated carbocycles. The zero-order valence-corrected chi connectivity index (χ0v) is 12.5. The van der Waals surface area contributed by atoms with E-state index in [0.29, 0.717) is 4.21 Å². The van der Waals surface area contributed by atoms with Crippen molar-refractivity contribution in [2.45, 2.75) is 49.4 Å². The molecular weight excluding hydrogens is 268 g/mol. The number of hydrogen-bond donors (Lipinski definition) is 2. The first kappa shape index (κ1) is 14.0. The van der Waals surface area contributed by atoms with E-state index in [1.54, 1.807) is 6.07 Å². The van der Waals surface area contributed by atoms with Crippen LogP contribution in [0.3, 0.4) is 0 Å². The van der Waals surface area contributed by atoms with Crippen LogP contribution in [0.5, 0.6) is 0 Å². The van der Waals surface area contributed by atoms with Gasteiger partial charge >= 0.3 is 0 Å². The number of sulfonamides is 1. The van der Waals surface area contributed by atoms with E-state index in [2.05, 4.69) is 17.0 Å². The highest BCUT2D eigenvalue weighted by Crippen LogP contribution is 2.36. The van der Waals surface area contributed by atoms with Crippen molar-refractivity contribution < 1.29 is 8.42 Å². The molecule has 0 aromatic carbocycles. The van der Waals surface area contributed by atoms with E-state index in [0.717, 1.165) is 37.9 Å². The third-order valence-electron chi connectivity index (χ3n) is 3.03. The van der Waals surface area contributed by atoms with Crippen molar-refractivity contribution in [2.75, 3.05) is 6.54 Å². The average molecular weight is 288 g/mol. The fourth-order valence-corrected chi connectivity index (χ4v) is 4.33. The third kappa shape index (κ3) is 3.54. The summed E-state index contributed by atoms with van der Waals surface area (Å²) in [5.74, 6) is 0. The summed E-state index contributed by atoms with van der Waals surface area (Å²) in [5.41, 5.74) is 0.832. The highest BCUT2D eigenvalue weighted by molar-refractivity contribution is 7.91. The molecule has 0 aliphatic heterocycles. The van der Waals surface area contributed by atoms with Crippen LogP contribution in [0.2, 0.25) is 0 Å². The topological polar surface area (TPSA) is 58.2 Å². The van der Waals surface area contributed by atoms with Gasteiger partial charge in [-0.3, -0.25) is 0 Å². The number of rotatable bonds is 7. The Bertz CT molecular complexity index is 504. The molecule has 6 heteroatoms. The Labute approximate surface area is 113 Å². The minimum absolute atomic E-state index is 0.205. The highest BCUT2D eigenvalue weighted by atomic mass is 32.2. The van der Waals surface area contributed by atoms with E-state index in [4.69, 9.17) is 0 Å². The molecule has 2 rings (SSSR count). The molecule has 0 bridgehead atoms. The largest absolute Gasteiger partial charge is 0.313 e. The molecule has 102 valence electrons. The predicted molar refractivity (Wildman–Crippen MR) is 74.3 cm³/mol. The molecule has 1 aromatic heterocycles. The van der Waals surface area contributed by atoms with Crippen LogP contribution in [0.15, 0.2) is 15.7 Å². The second-order valence-corrected chi connectivity index (χ2v) is 7.94. The molecule has 4 nitrogen and oxygen atoms in total. The van der Waals surface area contributed by atoms with E-state index in [1.165, 1.54) is 11.3 Å². The van der Waals surface area contributed by atoms with Crippen molar-refractivity contribution in [3.63, 3.8) is 0 Å². The predicted octanol–water partition coefficient (Wildman–Crippen LogP) is 2.08. The molecule has 1 aromatic rings. The second kappa shape index (κ2) is 5.28.